The molecule has 0 saturated carbocycles. The van der Waals surface area contributed by atoms with E-state index in [0.29, 0.717) is 17.0 Å². The summed E-state index contributed by atoms with van der Waals surface area (Å²) >= 11 is 3.35. The molecule has 3 aromatic rings. The van der Waals surface area contributed by atoms with Crippen LogP contribution in [-0.2, 0) is 0 Å². The SMILES string of the molecule is Nc1cc(Br)cc(Oc2nc3ccccc3o2)c1. The van der Waals surface area contributed by atoms with Crippen LogP contribution in [-0.4, -0.2) is 4.98 Å². The Morgan fingerprint density at radius 2 is 2.00 bits per heavy atom. The van der Waals surface area contributed by atoms with Gasteiger partial charge in [0.25, 0.3) is 0 Å². The van der Waals surface area contributed by atoms with Gasteiger partial charge in [-0.15, -0.1) is 0 Å². The molecule has 0 aliphatic heterocycles. The van der Waals surface area contributed by atoms with Crippen LogP contribution in [0.4, 0.5) is 5.69 Å². The number of halogens is 1. The van der Waals surface area contributed by atoms with E-state index >= 15 is 0 Å². The summed E-state index contributed by atoms with van der Waals surface area (Å²) < 4.78 is 11.8. The van der Waals surface area contributed by atoms with Gasteiger partial charge in [0.05, 0.1) is 0 Å². The van der Waals surface area contributed by atoms with E-state index in [4.69, 9.17) is 14.9 Å². The number of para-hydroxylation sites is 2. The van der Waals surface area contributed by atoms with Crippen molar-refractivity contribution in [3.8, 4) is 11.8 Å². The zero-order valence-electron chi connectivity index (χ0n) is 9.26. The molecule has 5 heteroatoms. The number of nitrogens with zero attached hydrogens (tertiary/aromatic N) is 1. The first kappa shape index (κ1) is 11.1. The second-order valence-electron chi connectivity index (χ2n) is 3.77. The summed E-state index contributed by atoms with van der Waals surface area (Å²) in [4.78, 5) is 4.22. The van der Waals surface area contributed by atoms with Crippen LogP contribution in [0.2, 0.25) is 0 Å². The number of nitrogen functional groups attached to an aromatic ring is 1. The third-order valence-electron chi connectivity index (χ3n) is 2.37. The number of aromatic nitrogens is 1. The number of rotatable bonds is 2. The van der Waals surface area contributed by atoms with Crippen LogP contribution in [0.1, 0.15) is 0 Å². The first-order chi connectivity index (χ1) is 8.70. The van der Waals surface area contributed by atoms with E-state index in [2.05, 4.69) is 20.9 Å². The third-order valence-corrected chi connectivity index (χ3v) is 2.83. The normalized spacial score (nSPS) is 10.7. The van der Waals surface area contributed by atoms with E-state index in [-0.39, 0.29) is 6.08 Å². The van der Waals surface area contributed by atoms with Gasteiger partial charge in [0.1, 0.15) is 11.3 Å². The van der Waals surface area contributed by atoms with Crippen molar-refractivity contribution in [2.24, 2.45) is 0 Å². The molecule has 3 rings (SSSR count). The lowest BCUT2D eigenvalue weighted by molar-refractivity contribution is 0.343. The van der Waals surface area contributed by atoms with Crippen LogP contribution in [0.3, 0.4) is 0 Å². The van der Waals surface area contributed by atoms with E-state index in [0.717, 1.165) is 9.99 Å². The van der Waals surface area contributed by atoms with Gasteiger partial charge >= 0.3 is 6.08 Å². The van der Waals surface area contributed by atoms with E-state index in [1.54, 1.807) is 18.2 Å². The maximum Gasteiger partial charge on any atom is 0.400 e. The highest BCUT2D eigenvalue weighted by Gasteiger charge is 2.08. The fraction of sp³-hybridized carbons (Fsp3) is 0. The molecule has 0 spiro atoms. The van der Waals surface area contributed by atoms with Crippen molar-refractivity contribution in [3.63, 3.8) is 0 Å². The van der Waals surface area contributed by atoms with Gasteiger partial charge in [-0.05, 0) is 24.3 Å². The average Bonchev–Trinajstić information content (AvgIpc) is 2.69. The summed E-state index contributed by atoms with van der Waals surface area (Å²) in [6.07, 6.45) is 0.203. The lowest BCUT2D eigenvalue weighted by atomic mass is 10.3. The molecule has 0 atom stereocenters. The quantitative estimate of drug-likeness (QED) is 0.728. The largest absolute Gasteiger partial charge is 0.411 e. The first-order valence-corrected chi connectivity index (χ1v) is 6.09. The van der Waals surface area contributed by atoms with Crippen LogP contribution in [0, 0.1) is 0 Å². The summed E-state index contributed by atoms with van der Waals surface area (Å²) in [6.45, 7) is 0. The highest BCUT2D eigenvalue weighted by atomic mass is 79.9. The van der Waals surface area contributed by atoms with E-state index in [1.165, 1.54) is 0 Å². The summed E-state index contributed by atoms with van der Waals surface area (Å²) in [5.41, 5.74) is 7.78. The molecule has 0 aliphatic carbocycles. The fourth-order valence-electron chi connectivity index (χ4n) is 1.64. The number of benzene rings is 2. The molecule has 18 heavy (non-hydrogen) atoms. The van der Waals surface area contributed by atoms with Gasteiger partial charge in [0, 0.05) is 16.2 Å². The molecule has 0 aliphatic rings. The minimum Gasteiger partial charge on any atom is -0.411 e. The van der Waals surface area contributed by atoms with Crippen LogP contribution in [0.5, 0.6) is 11.8 Å². The number of nitrogens with two attached hydrogens (primary N) is 1. The Hall–Kier alpha value is -2.01. The topological polar surface area (TPSA) is 61.3 Å². The first-order valence-electron chi connectivity index (χ1n) is 5.30. The second-order valence-corrected chi connectivity index (χ2v) is 4.69. The van der Waals surface area contributed by atoms with E-state index in [1.807, 2.05) is 24.3 Å². The van der Waals surface area contributed by atoms with Crippen molar-refractivity contribution in [3.05, 3.63) is 46.9 Å². The Morgan fingerprint density at radius 3 is 2.78 bits per heavy atom. The Morgan fingerprint density at radius 1 is 1.17 bits per heavy atom. The van der Waals surface area contributed by atoms with Gasteiger partial charge in [0.2, 0.25) is 0 Å². The number of fused-ring (bicyclic) bond motifs is 1. The summed E-state index contributed by atoms with van der Waals surface area (Å²) in [7, 11) is 0. The highest BCUT2D eigenvalue weighted by Crippen LogP contribution is 2.28. The van der Waals surface area contributed by atoms with Gasteiger partial charge in [-0.2, -0.15) is 4.98 Å². The predicted octanol–water partition coefficient (Wildman–Crippen LogP) is 3.96. The Kier molecular flexibility index (Phi) is 2.68. The number of hydrogen-bond donors (Lipinski definition) is 1. The Balaban J connectivity index is 1.96. The molecule has 0 radical (unpaired) electrons. The number of hydrogen-bond acceptors (Lipinski definition) is 4. The minimum absolute atomic E-state index is 0.203. The maximum absolute atomic E-state index is 5.73. The molecule has 2 N–H and O–H groups in total. The molecule has 0 unspecified atom stereocenters. The second kappa shape index (κ2) is 4.34. The van der Waals surface area contributed by atoms with Crippen molar-refractivity contribution in [1.29, 1.82) is 0 Å². The zero-order valence-corrected chi connectivity index (χ0v) is 10.8. The summed E-state index contributed by atoms with van der Waals surface area (Å²) in [5, 5.41) is 0. The molecule has 90 valence electrons. The lowest BCUT2D eigenvalue weighted by Gasteiger charge is -2.02. The van der Waals surface area contributed by atoms with Crippen molar-refractivity contribution >= 4 is 32.7 Å². The summed E-state index contributed by atoms with van der Waals surface area (Å²) in [6, 6.07) is 12.8. The van der Waals surface area contributed by atoms with Crippen LogP contribution >= 0.6 is 15.9 Å². The molecular formula is C13H9BrN2O2. The number of anilines is 1. The fourth-order valence-corrected chi connectivity index (χ4v) is 2.13. The molecule has 0 bridgehead atoms. The predicted molar refractivity (Wildman–Crippen MR) is 72.6 cm³/mol. The van der Waals surface area contributed by atoms with Gasteiger partial charge in [-0.25, -0.2) is 0 Å². The van der Waals surface area contributed by atoms with Crippen molar-refractivity contribution in [1.82, 2.24) is 4.98 Å². The molecule has 0 amide bonds. The maximum atomic E-state index is 5.73. The Bertz CT molecular complexity index is 656. The lowest BCUT2D eigenvalue weighted by Crippen LogP contribution is -1.88. The number of oxazole rings is 1. The van der Waals surface area contributed by atoms with E-state index in [9.17, 15) is 0 Å². The van der Waals surface area contributed by atoms with Gasteiger partial charge in [-0.1, -0.05) is 28.1 Å². The summed E-state index contributed by atoms with van der Waals surface area (Å²) in [5.74, 6) is 0.577. The minimum atomic E-state index is 0.203. The highest BCUT2D eigenvalue weighted by molar-refractivity contribution is 9.10. The standard InChI is InChI=1S/C13H9BrN2O2/c14-8-5-9(15)7-10(6-8)17-13-16-11-3-1-2-4-12(11)18-13/h1-7H,15H2. The monoisotopic (exact) mass is 304 g/mol. The van der Waals surface area contributed by atoms with Crippen molar-refractivity contribution in [2.75, 3.05) is 5.73 Å². The molecule has 2 aromatic carbocycles. The van der Waals surface area contributed by atoms with Crippen LogP contribution in [0.25, 0.3) is 11.1 Å². The van der Waals surface area contributed by atoms with Crippen molar-refractivity contribution in [2.45, 2.75) is 0 Å². The van der Waals surface area contributed by atoms with Crippen LogP contribution < -0.4 is 10.5 Å². The molecule has 4 nitrogen and oxygen atoms in total. The van der Waals surface area contributed by atoms with Gasteiger partial charge in [0.15, 0.2) is 5.58 Å². The van der Waals surface area contributed by atoms with Crippen molar-refractivity contribution < 1.29 is 9.15 Å². The van der Waals surface area contributed by atoms with Gasteiger partial charge in [-0.3, -0.25) is 0 Å². The average molecular weight is 305 g/mol. The Labute approximate surface area is 112 Å². The van der Waals surface area contributed by atoms with Crippen LogP contribution in [0.15, 0.2) is 51.4 Å². The molecule has 0 fully saturated rings. The molecule has 1 heterocycles. The molecular weight excluding hydrogens is 296 g/mol. The smallest absolute Gasteiger partial charge is 0.400 e. The van der Waals surface area contributed by atoms with Gasteiger partial charge < -0.3 is 14.9 Å². The number of ether oxygens (including phenoxy) is 1. The van der Waals surface area contributed by atoms with E-state index < -0.39 is 0 Å². The zero-order chi connectivity index (χ0) is 12.5. The molecule has 1 aromatic heterocycles. The third kappa shape index (κ3) is 2.17. The molecule has 0 saturated heterocycles.